The molecule has 0 fully saturated rings. The lowest BCUT2D eigenvalue weighted by Crippen LogP contribution is -2.21. The SMILES string of the molecule is OCC(O)CSCC(O)COCc1ccccc1. The van der Waals surface area contributed by atoms with Crippen LogP contribution >= 0.6 is 11.8 Å². The first-order valence-corrected chi connectivity index (χ1v) is 7.04. The van der Waals surface area contributed by atoms with Crippen LogP contribution in [0.5, 0.6) is 0 Å². The maximum absolute atomic E-state index is 9.62. The predicted octanol–water partition coefficient (Wildman–Crippen LogP) is 0.651. The summed E-state index contributed by atoms with van der Waals surface area (Å²) in [4.78, 5) is 0. The van der Waals surface area contributed by atoms with Crippen LogP contribution in [0.3, 0.4) is 0 Å². The van der Waals surface area contributed by atoms with E-state index in [0.29, 0.717) is 18.1 Å². The zero-order chi connectivity index (χ0) is 13.2. The summed E-state index contributed by atoms with van der Waals surface area (Å²) in [7, 11) is 0. The molecule has 4 nitrogen and oxygen atoms in total. The molecule has 0 aromatic heterocycles. The van der Waals surface area contributed by atoms with Crippen LogP contribution in [-0.2, 0) is 11.3 Å². The van der Waals surface area contributed by atoms with E-state index in [9.17, 15) is 5.11 Å². The molecule has 5 heteroatoms. The Morgan fingerprint density at radius 1 is 1.06 bits per heavy atom. The molecule has 0 radical (unpaired) electrons. The van der Waals surface area contributed by atoms with Gasteiger partial charge in [-0.05, 0) is 5.56 Å². The summed E-state index contributed by atoms with van der Waals surface area (Å²) in [6.45, 7) is 0.520. The molecule has 0 saturated carbocycles. The Labute approximate surface area is 112 Å². The molecule has 0 bridgehead atoms. The molecule has 0 spiro atoms. The van der Waals surface area contributed by atoms with Crippen LogP contribution in [-0.4, -0.2) is 52.2 Å². The zero-order valence-corrected chi connectivity index (χ0v) is 11.1. The zero-order valence-electron chi connectivity index (χ0n) is 10.2. The van der Waals surface area contributed by atoms with Gasteiger partial charge in [-0.3, -0.25) is 0 Å². The summed E-state index contributed by atoms with van der Waals surface area (Å²) in [5.41, 5.74) is 1.08. The van der Waals surface area contributed by atoms with Crippen LogP contribution in [0.15, 0.2) is 30.3 Å². The van der Waals surface area contributed by atoms with E-state index in [0.717, 1.165) is 5.56 Å². The van der Waals surface area contributed by atoms with Gasteiger partial charge in [0, 0.05) is 11.5 Å². The lowest BCUT2D eigenvalue weighted by Gasteiger charge is -2.12. The van der Waals surface area contributed by atoms with Crippen molar-refractivity contribution in [1.82, 2.24) is 0 Å². The highest BCUT2D eigenvalue weighted by molar-refractivity contribution is 7.99. The normalized spacial score (nSPS) is 14.4. The smallest absolute Gasteiger partial charge is 0.0863 e. The third-order valence-corrected chi connectivity index (χ3v) is 3.49. The third kappa shape index (κ3) is 6.98. The van der Waals surface area contributed by atoms with Gasteiger partial charge in [0.1, 0.15) is 0 Å². The van der Waals surface area contributed by atoms with E-state index < -0.39 is 12.2 Å². The number of hydrogen-bond acceptors (Lipinski definition) is 5. The van der Waals surface area contributed by atoms with Crippen molar-refractivity contribution < 1.29 is 20.1 Å². The number of benzene rings is 1. The van der Waals surface area contributed by atoms with Crippen LogP contribution in [0, 0.1) is 0 Å². The third-order valence-electron chi connectivity index (χ3n) is 2.25. The first-order valence-electron chi connectivity index (χ1n) is 5.88. The van der Waals surface area contributed by atoms with Gasteiger partial charge < -0.3 is 20.1 Å². The number of thioether (sulfide) groups is 1. The maximum atomic E-state index is 9.62. The van der Waals surface area contributed by atoms with Crippen molar-refractivity contribution in [2.45, 2.75) is 18.8 Å². The molecule has 3 N–H and O–H groups in total. The van der Waals surface area contributed by atoms with Crippen LogP contribution in [0.25, 0.3) is 0 Å². The quantitative estimate of drug-likeness (QED) is 0.616. The van der Waals surface area contributed by atoms with Crippen LogP contribution in [0.2, 0.25) is 0 Å². The molecular formula is C13H20O4S. The second-order valence-corrected chi connectivity index (χ2v) is 5.10. The van der Waals surface area contributed by atoms with Gasteiger partial charge in [0.2, 0.25) is 0 Å². The number of ether oxygens (including phenoxy) is 1. The van der Waals surface area contributed by atoms with Crippen molar-refractivity contribution >= 4 is 11.8 Å². The van der Waals surface area contributed by atoms with Gasteiger partial charge >= 0.3 is 0 Å². The molecule has 0 aliphatic carbocycles. The molecule has 0 amide bonds. The van der Waals surface area contributed by atoms with Crippen molar-refractivity contribution in [2.75, 3.05) is 24.7 Å². The largest absolute Gasteiger partial charge is 0.394 e. The van der Waals surface area contributed by atoms with Crippen molar-refractivity contribution in [3.8, 4) is 0 Å². The summed E-state index contributed by atoms with van der Waals surface area (Å²) in [6.07, 6.45) is -1.27. The Morgan fingerprint density at radius 2 is 1.72 bits per heavy atom. The molecule has 0 aliphatic rings. The number of hydrogen-bond donors (Lipinski definition) is 3. The van der Waals surface area contributed by atoms with Crippen LogP contribution < -0.4 is 0 Å². The van der Waals surface area contributed by atoms with E-state index in [4.69, 9.17) is 14.9 Å². The van der Waals surface area contributed by atoms with E-state index in [1.807, 2.05) is 30.3 Å². The Bertz CT molecular complexity index is 307. The molecule has 18 heavy (non-hydrogen) atoms. The predicted molar refractivity (Wildman–Crippen MR) is 72.5 cm³/mol. The topological polar surface area (TPSA) is 69.9 Å². The number of aliphatic hydroxyl groups excluding tert-OH is 3. The lowest BCUT2D eigenvalue weighted by molar-refractivity contribution is 0.0397. The molecule has 1 rings (SSSR count). The molecule has 0 aliphatic heterocycles. The summed E-state index contributed by atoms with van der Waals surface area (Å²) >= 11 is 1.40. The van der Waals surface area contributed by atoms with Gasteiger partial charge in [0.25, 0.3) is 0 Å². The molecule has 0 heterocycles. The molecule has 102 valence electrons. The Morgan fingerprint density at radius 3 is 2.39 bits per heavy atom. The van der Waals surface area contributed by atoms with Gasteiger partial charge in [0.05, 0.1) is 32.0 Å². The highest BCUT2D eigenvalue weighted by Crippen LogP contribution is 2.07. The Kier molecular flexibility index (Phi) is 8.04. The van der Waals surface area contributed by atoms with Crippen LogP contribution in [0.1, 0.15) is 5.56 Å². The minimum Gasteiger partial charge on any atom is -0.394 e. The molecule has 2 atom stereocenters. The van der Waals surface area contributed by atoms with Crippen molar-refractivity contribution in [2.24, 2.45) is 0 Å². The fraction of sp³-hybridized carbons (Fsp3) is 0.538. The number of rotatable bonds is 9. The van der Waals surface area contributed by atoms with Gasteiger partial charge in [0.15, 0.2) is 0 Å². The van der Waals surface area contributed by atoms with E-state index in [2.05, 4.69) is 0 Å². The van der Waals surface area contributed by atoms with Crippen molar-refractivity contribution in [3.63, 3.8) is 0 Å². The minimum absolute atomic E-state index is 0.242. The maximum Gasteiger partial charge on any atom is 0.0863 e. The van der Waals surface area contributed by atoms with Gasteiger partial charge in [-0.2, -0.15) is 11.8 Å². The van der Waals surface area contributed by atoms with Crippen molar-refractivity contribution in [1.29, 1.82) is 0 Å². The molecule has 1 aromatic carbocycles. The molecule has 0 saturated heterocycles. The summed E-state index contributed by atoms with van der Waals surface area (Å²) in [5.74, 6) is 0.915. The average molecular weight is 272 g/mol. The van der Waals surface area contributed by atoms with E-state index in [1.165, 1.54) is 11.8 Å². The Hall–Kier alpha value is -0.590. The second kappa shape index (κ2) is 9.35. The lowest BCUT2D eigenvalue weighted by atomic mass is 10.2. The highest BCUT2D eigenvalue weighted by Gasteiger charge is 2.07. The van der Waals surface area contributed by atoms with E-state index >= 15 is 0 Å². The first kappa shape index (κ1) is 15.5. The molecular weight excluding hydrogens is 252 g/mol. The van der Waals surface area contributed by atoms with E-state index in [1.54, 1.807) is 0 Å². The fourth-order valence-corrected chi connectivity index (χ4v) is 2.21. The molecule has 1 aromatic rings. The summed E-state index contributed by atoms with van der Waals surface area (Å²) < 4.78 is 5.39. The van der Waals surface area contributed by atoms with E-state index in [-0.39, 0.29) is 13.2 Å². The summed E-state index contributed by atoms with van der Waals surface area (Å²) in [5, 5.41) is 27.4. The van der Waals surface area contributed by atoms with Gasteiger partial charge in [-0.1, -0.05) is 30.3 Å². The summed E-state index contributed by atoms with van der Waals surface area (Å²) in [6, 6.07) is 9.78. The van der Waals surface area contributed by atoms with Crippen LogP contribution in [0.4, 0.5) is 0 Å². The highest BCUT2D eigenvalue weighted by atomic mass is 32.2. The molecule has 2 unspecified atom stereocenters. The number of aliphatic hydroxyl groups is 3. The standard InChI is InChI=1S/C13H20O4S/c14-6-12(15)9-18-10-13(16)8-17-7-11-4-2-1-3-5-11/h1-5,12-16H,6-10H2. The monoisotopic (exact) mass is 272 g/mol. The fourth-order valence-electron chi connectivity index (χ4n) is 1.33. The van der Waals surface area contributed by atoms with Gasteiger partial charge in [-0.15, -0.1) is 0 Å². The second-order valence-electron chi connectivity index (χ2n) is 4.03. The first-order chi connectivity index (χ1) is 8.72. The Balaban J connectivity index is 2.05. The minimum atomic E-state index is -0.715. The van der Waals surface area contributed by atoms with Crippen molar-refractivity contribution in [3.05, 3.63) is 35.9 Å². The average Bonchev–Trinajstić information content (AvgIpc) is 2.39. The van der Waals surface area contributed by atoms with Gasteiger partial charge in [-0.25, -0.2) is 0 Å².